The fourth-order valence-corrected chi connectivity index (χ4v) is 6.99. The predicted octanol–water partition coefficient (Wildman–Crippen LogP) is 7.26. The van der Waals surface area contributed by atoms with Crippen molar-refractivity contribution in [3.63, 3.8) is 0 Å². The summed E-state index contributed by atoms with van der Waals surface area (Å²) in [6.45, 7) is 2.78. The van der Waals surface area contributed by atoms with Crippen molar-refractivity contribution in [3.8, 4) is 0 Å². The van der Waals surface area contributed by atoms with Crippen LogP contribution in [0.25, 0.3) is 0 Å². The number of anilines is 3. The van der Waals surface area contributed by atoms with E-state index in [-0.39, 0.29) is 26.9 Å². The number of nitrogens with one attached hydrogen (secondary N) is 2. The van der Waals surface area contributed by atoms with Crippen LogP contribution in [0.2, 0.25) is 10.0 Å². The average molecular weight is 687 g/mol. The third kappa shape index (κ3) is 7.46. The van der Waals surface area contributed by atoms with Crippen molar-refractivity contribution in [2.24, 2.45) is 0 Å². The molecule has 0 radical (unpaired) electrons. The van der Waals surface area contributed by atoms with Crippen LogP contribution in [-0.4, -0.2) is 29.3 Å². The van der Waals surface area contributed by atoms with Crippen molar-refractivity contribution in [2.75, 3.05) is 20.9 Å². The van der Waals surface area contributed by atoms with Gasteiger partial charge in [0.1, 0.15) is 6.54 Å². The SMILES string of the molecule is Cc1ccc(S(=O)(=O)N(CC(=O)Nc2ccc(S(=O)(=O)Nc3ccc(Cl)c(C(F)(F)F)c3)cc2)c2cccc(Cl)c2C)cc1. The number of carbonyl (C=O) groups is 1. The largest absolute Gasteiger partial charge is 0.417 e. The van der Waals surface area contributed by atoms with Gasteiger partial charge in [-0.2, -0.15) is 13.2 Å². The fourth-order valence-electron chi connectivity index (χ4n) is 4.07. The van der Waals surface area contributed by atoms with Crippen LogP contribution in [0.1, 0.15) is 16.7 Å². The third-order valence-corrected chi connectivity index (χ3v) is 10.3. The lowest BCUT2D eigenvalue weighted by molar-refractivity contribution is -0.137. The lowest BCUT2D eigenvalue weighted by atomic mass is 10.2. The summed E-state index contributed by atoms with van der Waals surface area (Å²) in [5.41, 5.74) is 0.0378. The molecule has 4 rings (SSSR count). The highest BCUT2D eigenvalue weighted by atomic mass is 35.5. The van der Waals surface area contributed by atoms with Gasteiger partial charge in [-0.15, -0.1) is 0 Å². The number of sulfonamides is 2. The van der Waals surface area contributed by atoms with Crippen LogP contribution in [-0.2, 0) is 31.0 Å². The lowest BCUT2D eigenvalue weighted by Crippen LogP contribution is -2.38. The van der Waals surface area contributed by atoms with Crippen molar-refractivity contribution in [1.82, 2.24) is 0 Å². The molecule has 0 saturated carbocycles. The van der Waals surface area contributed by atoms with Gasteiger partial charge in [-0.1, -0.05) is 47.0 Å². The molecule has 4 aromatic rings. The van der Waals surface area contributed by atoms with Crippen molar-refractivity contribution in [2.45, 2.75) is 29.8 Å². The first kappa shape index (κ1) is 33.1. The molecule has 0 aliphatic carbocycles. The van der Waals surface area contributed by atoms with E-state index in [0.29, 0.717) is 16.7 Å². The van der Waals surface area contributed by atoms with Gasteiger partial charge in [0.2, 0.25) is 5.91 Å². The average Bonchev–Trinajstić information content (AvgIpc) is 2.94. The maximum Gasteiger partial charge on any atom is 0.417 e. The molecular formula is C29H24Cl2F3N3O5S2. The zero-order valence-corrected chi connectivity index (χ0v) is 26.1. The van der Waals surface area contributed by atoms with E-state index in [1.54, 1.807) is 38.1 Å². The Morgan fingerprint density at radius 2 is 1.39 bits per heavy atom. The molecule has 8 nitrogen and oxygen atoms in total. The van der Waals surface area contributed by atoms with Gasteiger partial charge in [0, 0.05) is 16.4 Å². The van der Waals surface area contributed by atoms with Gasteiger partial charge < -0.3 is 5.32 Å². The molecule has 0 saturated heterocycles. The van der Waals surface area contributed by atoms with Crippen LogP contribution < -0.4 is 14.3 Å². The zero-order chi connectivity index (χ0) is 32.4. The molecule has 0 bridgehead atoms. The van der Waals surface area contributed by atoms with Gasteiger partial charge in [0.05, 0.1) is 26.1 Å². The van der Waals surface area contributed by atoms with Gasteiger partial charge in [-0.25, -0.2) is 16.8 Å². The van der Waals surface area contributed by atoms with Crippen LogP contribution in [0, 0.1) is 13.8 Å². The minimum absolute atomic E-state index is 0.0413. The molecule has 0 aliphatic rings. The number of halogens is 5. The molecule has 44 heavy (non-hydrogen) atoms. The monoisotopic (exact) mass is 685 g/mol. The third-order valence-electron chi connectivity index (χ3n) is 6.38. The Morgan fingerprint density at radius 3 is 2.00 bits per heavy atom. The summed E-state index contributed by atoms with van der Waals surface area (Å²) in [5.74, 6) is -0.741. The van der Waals surface area contributed by atoms with Crippen LogP contribution in [0.3, 0.4) is 0 Å². The molecule has 4 aromatic carbocycles. The molecule has 0 fully saturated rings. The second kappa shape index (κ2) is 12.7. The lowest BCUT2D eigenvalue weighted by Gasteiger charge is -2.26. The number of rotatable bonds is 9. The first-order valence-corrected chi connectivity index (χ1v) is 16.3. The number of hydrogen-bond acceptors (Lipinski definition) is 5. The molecule has 0 aromatic heterocycles. The van der Waals surface area contributed by atoms with E-state index in [1.807, 2.05) is 0 Å². The minimum Gasteiger partial charge on any atom is -0.325 e. The highest BCUT2D eigenvalue weighted by Gasteiger charge is 2.34. The highest BCUT2D eigenvalue weighted by Crippen LogP contribution is 2.37. The highest BCUT2D eigenvalue weighted by molar-refractivity contribution is 7.93. The van der Waals surface area contributed by atoms with E-state index >= 15 is 0 Å². The van der Waals surface area contributed by atoms with Crippen molar-refractivity contribution < 1.29 is 34.8 Å². The van der Waals surface area contributed by atoms with Crippen LogP contribution in [0.5, 0.6) is 0 Å². The number of nitrogens with zero attached hydrogens (tertiary/aromatic N) is 1. The maximum absolute atomic E-state index is 13.7. The number of hydrogen-bond donors (Lipinski definition) is 2. The Kier molecular flexibility index (Phi) is 9.54. The van der Waals surface area contributed by atoms with Gasteiger partial charge in [-0.3, -0.25) is 13.8 Å². The molecule has 0 heterocycles. The second-order valence-electron chi connectivity index (χ2n) is 9.58. The van der Waals surface area contributed by atoms with Gasteiger partial charge >= 0.3 is 6.18 Å². The van der Waals surface area contributed by atoms with Gasteiger partial charge in [0.25, 0.3) is 20.0 Å². The Hall–Kier alpha value is -3.78. The number of alkyl halides is 3. The topological polar surface area (TPSA) is 113 Å². The summed E-state index contributed by atoms with van der Waals surface area (Å²) in [7, 11) is -8.54. The fraction of sp³-hybridized carbons (Fsp3) is 0.138. The summed E-state index contributed by atoms with van der Waals surface area (Å²) in [5, 5.41) is 2.24. The molecule has 0 unspecified atom stereocenters. The summed E-state index contributed by atoms with van der Waals surface area (Å²) < 4.78 is 95.5. The minimum atomic E-state index is -4.79. The molecule has 232 valence electrons. The Bertz CT molecular complexity index is 1920. The normalized spacial score (nSPS) is 12.1. The van der Waals surface area contributed by atoms with Crippen LogP contribution in [0.4, 0.5) is 30.2 Å². The molecule has 0 spiro atoms. The molecule has 0 atom stereocenters. The van der Waals surface area contributed by atoms with Crippen LogP contribution >= 0.6 is 23.2 Å². The number of carbonyl (C=O) groups excluding carboxylic acids is 1. The molecule has 0 aliphatic heterocycles. The van der Waals surface area contributed by atoms with Crippen molar-refractivity contribution in [3.05, 3.63) is 112 Å². The smallest absolute Gasteiger partial charge is 0.325 e. The van der Waals surface area contributed by atoms with E-state index in [4.69, 9.17) is 23.2 Å². The second-order valence-corrected chi connectivity index (χ2v) is 13.9. The maximum atomic E-state index is 13.7. The van der Waals surface area contributed by atoms with Crippen molar-refractivity contribution >= 4 is 66.2 Å². The van der Waals surface area contributed by atoms with E-state index < -0.39 is 49.3 Å². The van der Waals surface area contributed by atoms with E-state index in [2.05, 4.69) is 10.0 Å². The number of amides is 1. The van der Waals surface area contributed by atoms with Crippen molar-refractivity contribution in [1.29, 1.82) is 0 Å². The van der Waals surface area contributed by atoms with E-state index in [9.17, 15) is 34.8 Å². The van der Waals surface area contributed by atoms with Gasteiger partial charge in [-0.05, 0) is 86.1 Å². The number of aryl methyl sites for hydroxylation is 1. The molecule has 1 amide bonds. The summed E-state index contributed by atoms with van der Waals surface area (Å²) in [6, 6.07) is 18.1. The molecule has 15 heteroatoms. The molecular weight excluding hydrogens is 662 g/mol. The first-order valence-electron chi connectivity index (χ1n) is 12.6. The first-order chi connectivity index (χ1) is 20.5. The summed E-state index contributed by atoms with van der Waals surface area (Å²) >= 11 is 11.8. The standard InChI is InChI=1S/C29H24Cl2F3N3O5S2/c1-18-6-11-23(12-7-18)44(41,42)37(27-5-3-4-25(30)19(27)2)17-28(38)35-20-8-13-22(14-9-20)43(39,40)36-21-10-15-26(31)24(16-21)29(32,33)34/h3-16,36H,17H2,1-2H3,(H,35,38). The Morgan fingerprint density at radius 1 is 0.795 bits per heavy atom. The van der Waals surface area contributed by atoms with Crippen LogP contribution in [0.15, 0.2) is 94.7 Å². The Balaban J connectivity index is 1.55. The zero-order valence-electron chi connectivity index (χ0n) is 23.0. The Labute approximate surface area is 262 Å². The number of benzene rings is 4. The summed E-state index contributed by atoms with van der Waals surface area (Å²) in [4.78, 5) is 12.8. The van der Waals surface area contributed by atoms with Gasteiger partial charge in [0.15, 0.2) is 0 Å². The summed E-state index contributed by atoms with van der Waals surface area (Å²) in [6.07, 6.45) is -4.79. The quantitative estimate of drug-likeness (QED) is 0.193. The molecule has 2 N–H and O–H groups in total. The van der Waals surface area contributed by atoms with E-state index in [1.165, 1.54) is 30.3 Å². The predicted molar refractivity (Wildman–Crippen MR) is 164 cm³/mol. The van der Waals surface area contributed by atoms with E-state index in [0.717, 1.165) is 34.1 Å².